The lowest BCUT2D eigenvalue weighted by Gasteiger charge is -2.16. The van der Waals surface area contributed by atoms with Gasteiger partial charge in [0.15, 0.2) is 6.61 Å². The van der Waals surface area contributed by atoms with Crippen LogP contribution in [0.2, 0.25) is 0 Å². The summed E-state index contributed by atoms with van der Waals surface area (Å²) in [4.78, 5) is 24.4. The third-order valence-electron chi connectivity index (χ3n) is 5.19. The zero-order valence-electron chi connectivity index (χ0n) is 17.0. The predicted molar refractivity (Wildman–Crippen MR) is 107 cm³/mol. The molecule has 0 bridgehead atoms. The van der Waals surface area contributed by atoms with Crippen LogP contribution in [0.1, 0.15) is 65.9 Å². The van der Waals surface area contributed by atoms with Crippen LogP contribution in [0.4, 0.5) is 0 Å². The van der Waals surface area contributed by atoms with Crippen LogP contribution in [0.15, 0.2) is 28.8 Å². The second-order valence-corrected chi connectivity index (χ2v) is 7.45. The zero-order chi connectivity index (χ0) is 20.6. The molecule has 29 heavy (non-hydrogen) atoms. The third kappa shape index (κ3) is 6.07. The van der Waals surface area contributed by atoms with Gasteiger partial charge in [-0.25, -0.2) is 4.79 Å². The average Bonchev–Trinajstić information content (AvgIpc) is 2.89. The van der Waals surface area contributed by atoms with Crippen LogP contribution in [-0.4, -0.2) is 29.7 Å². The Labute approximate surface area is 170 Å². The number of carbonyl (C=O) groups is 2. The van der Waals surface area contributed by atoms with E-state index in [9.17, 15) is 9.59 Å². The number of nitrogens with zero attached hydrogens (tertiary/aromatic N) is 1. The lowest BCUT2D eigenvalue weighted by molar-refractivity contribution is -0.125. The molecule has 0 spiro atoms. The number of amides is 1. The molecule has 1 aliphatic carbocycles. The number of rotatable bonds is 7. The molecule has 1 aromatic heterocycles. The minimum absolute atomic E-state index is 0.185. The van der Waals surface area contributed by atoms with Crippen molar-refractivity contribution in [1.29, 1.82) is 0 Å². The first-order valence-corrected chi connectivity index (χ1v) is 10.1. The number of aryl methyl sites for hydroxylation is 2. The van der Waals surface area contributed by atoms with E-state index in [1.807, 2.05) is 13.8 Å². The minimum atomic E-state index is -0.552. The fourth-order valence-electron chi connectivity index (χ4n) is 3.48. The van der Waals surface area contributed by atoms with Crippen LogP contribution >= 0.6 is 0 Å². The van der Waals surface area contributed by atoms with E-state index in [1.165, 1.54) is 12.8 Å². The Morgan fingerprint density at radius 3 is 2.62 bits per heavy atom. The number of hydrogen-bond acceptors (Lipinski definition) is 6. The summed E-state index contributed by atoms with van der Waals surface area (Å²) in [6.07, 6.45) is 6.68. The van der Waals surface area contributed by atoms with Crippen molar-refractivity contribution in [2.24, 2.45) is 0 Å². The minimum Gasteiger partial charge on any atom is -0.489 e. The highest BCUT2D eigenvalue weighted by molar-refractivity contribution is 5.91. The van der Waals surface area contributed by atoms with Crippen LogP contribution in [0, 0.1) is 13.8 Å². The van der Waals surface area contributed by atoms with Gasteiger partial charge in [-0.1, -0.05) is 36.9 Å². The van der Waals surface area contributed by atoms with Gasteiger partial charge in [-0.3, -0.25) is 4.79 Å². The molecule has 2 aromatic rings. The molecule has 1 aromatic carbocycles. The molecule has 1 aliphatic rings. The number of carbonyl (C=O) groups excluding carboxylic acids is 2. The highest BCUT2D eigenvalue weighted by atomic mass is 16.5. The molecule has 1 N–H and O–H groups in total. The maximum absolute atomic E-state index is 12.3. The molecule has 0 unspecified atom stereocenters. The summed E-state index contributed by atoms with van der Waals surface area (Å²) in [5.41, 5.74) is 1.99. The molecule has 0 aliphatic heterocycles. The van der Waals surface area contributed by atoms with Gasteiger partial charge in [-0.2, -0.15) is 0 Å². The number of nitrogens with one attached hydrogen (secondary N) is 1. The molecular weight excluding hydrogens is 372 g/mol. The topological polar surface area (TPSA) is 90.7 Å². The summed E-state index contributed by atoms with van der Waals surface area (Å²) >= 11 is 0. The van der Waals surface area contributed by atoms with Crippen molar-refractivity contribution in [2.75, 3.05) is 6.61 Å². The fraction of sp³-hybridized carbons (Fsp3) is 0.500. The van der Waals surface area contributed by atoms with Crippen molar-refractivity contribution in [1.82, 2.24) is 10.5 Å². The number of benzene rings is 1. The van der Waals surface area contributed by atoms with Crippen LogP contribution in [-0.2, 0) is 16.1 Å². The quantitative estimate of drug-likeness (QED) is 0.560. The molecule has 0 saturated heterocycles. The average molecular weight is 400 g/mol. The number of esters is 1. The van der Waals surface area contributed by atoms with E-state index in [0.29, 0.717) is 23.7 Å². The second-order valence-electron chi connectivity index (χ2n) is 7.45. The third-order valence-corrected chi connectivity index (χ3v) is 5.19. The molecule has 1 saturated carbocycles. The standard InChI is InChI=1S/C22H28N2O5/c1-15-20(16(2)29-24-15)13-27-19-11-7-8-17(12-19)22(26)28-14-21(25)23-18-9-5-3-4-6-10-18/h7-8,11-12,18H,3-6,9-10,13-14H2,1-2H3,(H,23,25). The molecular formula is C22H28N2O5. The van der Waals surface area contributed by atoms with Gasteiger partial charge in [0.25, 0.3) is 5.91 Å². The normalized spacial score (nSPS) is 14.8. The fourth-order valence-corrected chi connectivity index (χ4v) is 3.48. The summed E-state index contributed by atoms with van der Waals surface area (Å²) in [5.74, 6) is 0.431. The summed E-state index contributed by atoms with van der Waals surface area (Å²) in [7, 11) is 0. The highest BCUT2D eigenvalue weighted by Gasteiger charge is 2.17. The molecule has 3 rings (SSSR count). The van der Waals surface area contributed by atoms with Crippen molar-refractivity contribution in [3.8, 4) is 5.75 Å². The molecule has 7 nitrogen and oxygen atoms in total. The second kappa shape index (κ2) is 10.1. The Hall–Kier alpha value is -2.83. The maximum Gasteiger partial charge on any atom is 0.338 e. The zero-order valence-corrected chi connectivity index (χ0v) is 17.0. The number of ether oxygens (including phenoxy) is 2. The monoisotopic (exact) mass is 400 g/mol. The molecule has 1 heterocycles. The molecule has 1 amide bonds. The van der Waals surface area contributed by atoms with Gasteiger partial charge in [0, 0.05) is 6.04 Å². The molecule has 0 radical (unpaired) electrons. The van der Waals surface area contributed by atoms with Gasteiger partial charge in [0.2, 0.25) is 0 Å². The first-order valence-electron chi connectivity index (χ1n) is 10.1. The van der Waals surface area contributed by atoms with Crippen LogP contribution < -0.4 is 10.1 Å². The van der Waals surface area contributed by atoms with E-state index < -0.39 is 5.97 Å². The smallest absolute Gasteiger partial charge is 0.338 e. The van der Waals surface area contributed by atoms with E-state index in [1.54, 1.807) is 24.3 Å². The first kappa shape index (κ1) is 20.9. The lowest BCUT2D eigenvalue weighted by atomic mass is 10.1. The van der Waals surface area contributed by atoms with Crippen molar-refractivity contribution in [3.05, 3.63) is 46.8 Å². The number of aromatic nitrogens is 1. The predicted octanol–water partition coefficient (Wildman–Crippen LogP) is 3.87. The van der Waals surface area contributed by atoms with Crippen LogP contribution in [0.25, 0.3) is 0 Å². The van der Waals surface area contributed by atoms with Crippen molar-refractivity contribution >= 4 is 11.9 Å². The van der Waals surface area contributed by atoms with E-state index in [2.05, 4.69) is 10.5 Å². The van der Waals surface area contributed by atoms with Gasteiger partial charge < -0.3 is 19.3 Å². The summed E-state index contributed by atoms with van der Waals surface area (Å²) < 4.78 is 16.0. The van der Waals surface area contributed by atoms with Crippen molar-refractivity contribution in [2.45, 2.75) is 65.0 Å². The van der Waals surface area contributed by atoms with Gasteiger partial charge >= 0.3 is 5.97 Å². The van der Waals surface area contributed by atoms with Crippen LogP contribution in [0.3, 0.4) is 0 Å². The lowest BCUT2D eigenvalue weighted by Crippen LogP contribution is -2.37. The van der Waals surface area contributed by atoms with Crippen molar-refractivity contribution in [3.63, 3.8) is 0 Å². The van der Waals surface area contributed by atoms with Gasteiger partial charge in [-0.15, -0.1) is 0 Å². The van der Waals surface area contributed by atoms with Gasteiger partial charge in [0.05, 0.1) is 16.8 Å². The Balaban J connectivity index is 1.49. The SMILES string of the molecule is Cc1noc(C)c1COc1cccc(C(=O)OCC(=O)NC2CCCCCC2)c1. The molecule has 0 atom stereocenters. The van der Waals surface area contributed by atoms with Gasteiger partial charge in [0.1, 0.15) is 18.1 Å². The van der Waals surface area contributed by atoms with E-state index >= 15 is 0 Å². The van der Waals surface area contributed by atoms with Crippen LogP contribution in [0.5, 0.6) is 5.75 Å². The largest absolute Gasteiger partial charge is 0.489 e. The summed E-state index contributed by atoms with van der Waals surface area (Å²) in [5, 5.41) is 6.86. The molecule has 156 valence electrons. The van der Waals surface area contributed by atoms with Gasteiger partial charge in [-0.05, 0) is 44.9 Å². The van der Waals surface area contributed by atoms with E-state index in [-0.39, 0.29) is 18.6 Å². The Kier molecular flexibility index (Phi) is 7.27. The van der Waals surface area contributed by atoms with E-state index in [4.69, 9.17) is 14.0 Å². The first-order chi connectivity index (χ1) is 14.0. The Bertz CT molecular complexity index is 818. The Morgan fingerprint density at radius 2 is 1.93 bits per heavy atom. The Morgan fingerprint density at radius 1 is 1.17 bits per heavy atom. The number of hydrogen-bond donors (Lipinski definition) is 1. The summed E-state index contributed by atoms with van der Waals surface area (Å²) in [6, 6.07) is 6.89. The molecule has 1 fully saturated rings. The van der Waals surface area contributed by atoms with E-state index in [0.717, 1.165) is 36.9 Å². The van der Waals surface area contributed by atoms with Crippen molar-refractivity contribution < 1.29 is 23.6 Å². The highest BCUT2D eigenvalue weighted by Crippen LogP contribution is 2.19. The maximum atomic E-state index is 12.3. The summed E-state index contributed by atoms with van der Waals surface area (Å²) in [6.45, 7) is 3.69. The molecule has 7 heteroatoms.